The van der Waals surface area contributed by atoms with Gasteiger partial charge in [-0.25, -0.2) is 0 Å². The van der Waals surface area contributed by atoms with Gasteiger partial charge >= 0.3 is 0 Å². The van der Waals surface area contributed by atoms with Gasteiger partial charge in [0.15, 0.2) is 0 Å². The van der Waals surface area contributed by atoms with Gasteiger partial charge in [0.25, 0.3) is 0 Å². The van der Waals surface area contributed by atoms with Crippen molar-refractivity contribution < 1.29 is 4.79 Å². The molecule has 0 aromatic carbocycles. The Morgan fingerprint density at radius 2 is 1.71 bits per heavy atom. The summed E-state index contributed by atoms with van der Waals surface area (Å²) in [5.74, 6) is 0.0401. The zero-order valence-corrected chi connectivity index (χ0v) is 12.2. The molecule has 0 unspecified atom stereocenters. The number of thiocarbonyl (C=S) groups is 1. The predicted octanol–water partition coefficient (Wildman–Crippen LogP) is 2.92. The SMILES string of the molecule is CCCCCCCCC(=O)NC(C)(C)C(N)=S. The fourth-order valence-electron chi connectivity index (χ4n) is 1.54. The molecule has 0 spiro atoms. The molecule has 0 saturated carbocycles. The summed E-state index contributed by atoms with van der Waals surface area (Å²) in [4.78, 5) is 12.0. The van der Waals surface area contributed by atoms with Gasteiger partial charge in [0.1, 0.15) is 0 Å². The summed E-state index contributed by atoms with van der Waals surface area (Å²) < 4.78 is 0. The third-order valence-electron chi connectivity index (χ3n) is 2.83. The first-order valence-electron chi connectivity index (χ1n) is 6.51. The van der Waals surface area contributed by atoms with Crippen LogP contribution in [0.5, 0.6) is 0 Å². The minimum absolute atomic E-state index is 0.0401. The maximum Gasteiger partial charge on any atom is 0.220 e. The van der Waals surface area contributed by atoms with E-state index in [4.69, 9.17) is 18.0 Å². The van der Waals surface area contributed by atoms with Crippen molar-refractivity contribution in [2.75, 3.05) is 0 Å². The maximum atomic E-state index is 11.6. The first-order chi connectivity index (χ1) is 7.90. The van der Waals surface area contributed by atoms with Gasteiger partial charge in [-0.1, -0.05) is 51.2 Å². The zero-order valence-electron chi connectivity index (χ0n) is 11.3. The van der Waals surface area contributed by atoms with Crippen LogP contribution >= 0.6 is 12.2 Å². The van der Waals surface area contributed by atoms with Crippen LogP contribution in [0.15, 0.2) is 0 Å². The van der Waals surface area contributed by atoms with Gasteiger partial charge in [-0.15, -0.1) is 0 Å². The summed E-state index contributed by atoms with van der Waals surface area (Å²) in [5, 5.41) is 2.85. The minimum atomic E-state index is -0.575. The van der Waals surface area contributed by atoms with Gasteiger partial charge in [0.05, 0.1) is 10.5 Å². The zero-order chi connectivity index (χ0) is 13.3. The van der Waals surface area contributed by atoms with Crippen LogP contribution in [-0.2, 0) is 4.79 Å². The molecule has 100 valence electrons. The van der Waals surface area contributed by atoms with E-state index in [1.54, 1.807) is 0 Å². The van der Waals surface area contributed by atoms with Gasteiger partial charge in [-0.3, -0.25) is 4.79 Å². The molecule has 3 N–H and O–H groups in total. The lowest BCUT2D eigenvalue weighted by molar-refractivity contribution is -0.122. The van der Waals surface area contributed by atoms with Crippen molar-refractivity contribution in [3.8, 4) is 0 Å². The molecule has 0 aromatic heterocycles. The predicted molar refractivity (Wildman–Crippen MR) is 77.0 cm³/mol. The van der Waals surface area contributed by atoms with E-state index in [0.29, 0.717) is 11.4 Å². The minimum Gasteiger partial charge on any atom is -0.391 e. The van der Waals surface area contributed by atoms with Crippen LogP contribution in [0.3, 0.4) is 0 Å². The van der Waals surface area contributed by atoms with Crippen molar-refractivity contribution in [1.29, 1.82) is 0 Å². The molecule has 0 heterocycles. The quantitative estimate of drug-likeness (QED) is 0.494. The number of unbranched alkanes of at least 4 members (excludes halogenated alkanes) is 5. The van der Waals surface area contributed by atoms with Crippen molar-refractivity contribution in [2.45, 2.75) is 71.3 Å². The lowest BCUT2D eigenvalue weighted by Crippen LogP contribution is -2.52. The molecule has 0 fully saturated rings. The van der Waals surface area contributed by atoms with Gasteiger partial charge in [0, 0.05) is 6.42 Å². The van der Waals surface area contributed by atoms with Crippen molar-refractivity contribution in [3.63, 3.8) is 0 Å². The smallest absolute Gasteiger partial charge is 0.220 e. The molecule has 4 heteroatoms. The lowest BCUT2D eigenvalue weighted by atomic mass is 10.0. The van der Waals surface area contributed by atoms with Crippen LogP contribution < -0.4 is 11.1 Å². The molecule has 0 bridgehead atoms. The van der Waals surface area contributed by atoms with Crippen LogP contribution in [0, 0.1) is 0 Å². The standard InChI is InChI=1S/C13H26N2OS/c1-4-5-6-7-8-9-10-11(16)15-13(2,3)12(14)17/h4-10H2,1-3H3,(H2,14,17)(H,15,16). The Hall–Kier alpha value is -0.640. The van der Waals surface area contributed by atoms with Gasteiger partial charge < -0.3 is 11.1 Å². The molecule has 0 aliphatic heterocycles. The molecule has 1 amide bonds. The number of nitrogens with two attached hydrogens (primary N) is 1. The van der Waals surface area contributed by atoms with E-state index < -0.39 is 5.54 Å². The molecule has 0 atom stereocenters. The fourth-order valence-corrected chi connectivity index (χ4v) is 1.59. The van der Waals surface area contributed by atoms with Gasteiger partial charge in [-0.05, 0) is 20.3 Å². The first kappa shape index (κ1) is 16.4. The highest BCUT2D eigenvalue weighted by Gasteiger charge is 2.22. The Morgan fingerprint density at radius 1 is 1.18 bits per heavy atom. The largest absolute Gasteiger partial charge is 0.391 e. The second kappa shape index (κ2) is 8.45. The van der Waals surface area contributed by atoms with Crippen molar-refractivity contribution in [2.24, 2.45) is 5.73 Å². The van der Waals surface area contributed by atoms with Crippen molar-refractivity contribution in [1.82, 2.24) is 5.32 Å². The molecule has 0 saturated heterocycles. The average Bonchev–Trinajstić information content (AvgIpc) is 2.22. The highest BCUT2D eigenvalue weighted by atomic mass is 32.1. The third kappa shape index (κ3) is 8.13. The monoisotopic (exact) mass is 258 g/mol. The van der Waals surface area contributed by atoms with E-state index in [1.165, 1.54) is 25.7 Å². The fraction of sp³-hybridized carbons (Fsp3) is 0.846. The number of hydrogen-bond acceptors (Lipinski definition) is 2. The Bertz CT molecular complexity index is 252. The molecule has 3 nitrogen and oxygen atoms in total. The van der Waals surface area contributed by atoms with E-state index in [0.717, 1.165) is 12.8 Å². The summed E-state index contributed by atoms with van der Waals surface area (Å²) in [7, 11) is 0. The highest BCUT2D eigenvalue weighted by molar-refractivity contribution is 7.80. The Labute approximate surface area is 111 Å². The number of carbonyl (C=O) groups is 1. The number of amides is 1. The third-order valence-corrected chi connectivity index (χ3v) is 3.34. The molecule has 0 aliphatic carbocycles. The lowest BCUT2D eigenvalue weighted by Gasteiger charge is -2.24. The van der Waals surface area contributed by atoms with E-state index in [9.17, 15) is 4.79 Å². The molecule has 0 aromatic rings. The van der Waals surface area contributed by atoms with Crippen LogP contribution in [0.4, 0.5) is 0 Å². The van der Waals surface area contributed by atoms with Crippen LogP contribution in [-0.4, -0.2) is 16.4 Å². The molecule has 17 heavy (non-hydrogen) atoms. The van der Waals surface area contributed by atoms with Crippen LogP contribution in [0.2, 0.25) is 0 Å². The maximum absolute atomic E-state index is 11.6. The normalized spacial score (nSPS) is 11.2. The summed E-state index contributed by atoms with van der Waals surface area (Å²) in [6.07, 6.45) is 7.68. The average molecular weight is 258 g/mol. The van der Waals surface area contributed by atoms with Crippen LogP contribution in [0.25, 0.3) is 0 Å². The summed E-state index contributed by atoms with van der Waals surface area (Å²) >= 11 is 4.90. The van der Waals surface area contributed by atoms with E-state index >= 15 is 0 Å². The molecular formula is C13H26N2OS. The summed E-state index contributed by atoms with van der Waals surface area (Å²) in [5.41, 5.74) is 4.97. The summed E-state index contributed by atoms with van der Waals surface area (Å²) in [6, 6.07) is 0. The van der Waals surface area contributed by atoms with E-state index in [-0.39, 0.29) is 5.91 Å². The Balaban J connectivity index is 3.63. The Kier molecular flexibility index (Phi) is 8.13. The van der Waals surface area contributed by atoms with Crippen LogP contribution in [0.1, 0.15) is 65.7 Å². The Morgan fingerprint density at radius 3 is 2.24 bits per heavy atom. The molecule has 0 rings (SSSR count). The highest BCUT2D eigenvalue weighted by Crippen LogP contribution is 2.08. The number of rotatable bonds is 9. The van der Waals surface area contributed by atoms with Gasteiger partial charge in [-0.2, -0.15) is 0 Å². The van der Waals surface area contributed by atoms with Crippen molar-refractivity contribution >= 4 is 23.1 Å². The number of nitrogens with one attached hydrogen (secondary N) is 1. The summed E-state index contributed by atoms with van der Waals surface area (Å²) in [6.45, 7) is 5.86. The van der Waals surface area contributed by atoms with Crippen molar-refractivity contribution in [3.05, 3.63) is 0 Å². The van der Waals surface area contributed by atoms with E-state index in [2.05, 4.69) is 12.2 Å². The number of hydrogen-bond donors (Lipinski definition) is 2. The van der Waals surface area contributed by atoms with E-state index in [1.807, 2.05) is 13.8 Å². The molecule has 0 aliphatic rings. The first-order valence-corrected chi connectivity index (χ1v) is 6.92. The second-order valence-corrected chi connectivity index (χ2v) is 5.50. The number of carbonyl (C=O) groups excluding carboxylic acids is 1. The van der Waals surface area contributed by atoms with Gasteiger partial charge in [0.2, 0.25) is 5.91 Å². The topological polar surface area (TPSA) is 55.1 Å². The molecule has 0 radical (unpaired) electrons. The molecular weight excluding hydrogens is 232 g/mol. The second-order valence-electron chi connectivity index (χ2n) is 5.06.